The van der Waals surface area contributed by atoms with Crippen LogP contribution in [-0.4, -0.2) is 19.3 Å². The van der Waals surface area contributed by atoms with Crippen LogP contribution in [0.25, 0.3) is 0 Å². The number of nitrogens with one attached hydrogen (secondary N) is 1. The average molecular weight is 249 g/mol. The second-order valence-corrected chi connectivity index (χ2v) is 5.25. The molecule has 2 heteroatoms. The lowest BCUT2D eigenvalue weighted by Crippen LogP contribution is -2.28. The summed E-state index contributed by atoms with van der Waals surface area (Å²) in [5, 5.41) is 3.58. The molecule has 1 aromatic carbocycles. The molecule has 0 fully saturated rings. The fraction of sp³-hybridized carbons (Fsp3) is 0.625. The van der Waals surface area contributed by atoms with E-state index in [9.17, 15) is 0 Å². The van der Waals surface area contributed by atoms with Crippen LogP contribution in [0.1, 0.15) is 49.9 Å². The maximum Gasteiger partial charge on any atom is 0.0665 e. The van der Waals surface area contributed by atoms with E-state index in [1.165, 1.54) is 16.7 Å². The quantitative estimate of drug-likeness (QED) is 0.794. The third-order valence-corrected chi connectivity index (χ3v) is 3.04. The van der Waals surface area contributed by atoms with E-state index in [1.807, 2.05) is 0 Å². The van der Waals surface area contributed by atoms with Crippen LogP contribution in [0.3, 0.4) is 0 Å². The topological polar surface area (TPSA) is 21.3 Å². The van der Waals surface area contributed by atoms with Crippen LogP contribution < -0.4 is 5.32 Å². The zero-order chi connectivity index (χ0) is 13.5. The highest BCUT2D eigenvalue weighted by Gasteiger charge is 2.13. The molecule has 0 saturated heterocycles. The van der Waals surface area contributed by atoms with E-state index in [0.29, 0.717) is 6.04 Å². The molecule has 1 atom stereocenters. The van der Waals surface area contributed by atoms with Crippen LogP contribution >= 0.6 is 0 Å². The first-order valence-corrected chi connectivity index (χ1v) is 6.96. The van der Waals surface area contributed by atoms with Gasteiger partial charge in [0.1, 0.15) is 0 Å². The van der Waals surface area contributed by atoms with Gasteiger partial charge in [-0.1, -0.05) is 30.7 Å². The van der Waals surface area contributed by atoms with Crippen LogP contribution in [0.5, 0.6) is 0 Å². The number of hydrogen-bond donors (Lipinski definition) is 1. The van der Waals surface area contributed by atoms with Gasteiger partial charge in [0.15, 0.2) is 0 Å². The first-order chi connectivity index (χ1) is 8.54. The van der Waals surface area contributed by atoms with Crippen LogP contribution in [-0.2, 0) is 4.74 Å². The highest BCUT2D eigenvalue weighted by Crippen LogP contribution is 2.20. The maximum atomic E-state index is 5.78. The fourth-order valence-corrected chi connectivity index (χ4v) is 2.08. The van der Waals surface area contributed by atoms with E-state index >= 15 is 0 Å². The first-order valence-electron chi connectivity index (χ1n) is 6.96. The molecule has 0 amide bonds. The molecule has 0 aliphatic carbocycles. The largest absolute Gasteiger partial charge is 0.377 e. The molecule has 1 unspecified atom stereocenters. The molecule has 18 heavy (non-hydrogen) atoms. The van der Waals surface area contributed by atoms with E-state index in [0.717, 1.165) is 19.6 Å². The summed E-state index contributed by atoms with van der Waals surface area (Å²) in [6.07, 6.45) is 1.42. The monoisotopic (exact) mass is 249 g/mol. The summed E-state index contributed by atoms with van der Waals surface area (Å²) in [5.41, 5.74) is 4.01. The zero-order valence-electron chi connectivity index (χ0n) is 12.4. The van der Waals surface area contributed by atoms with Gasteiger partial charge in [-0.2, -0.15) is 0 Å². The van der Waals surface area contributed by atoms with Gasteiger partial charge in [-0.3, -0.25) is 0 Å². The zero-order valence-corrected chi connectivity index (χ0v) is 12.4. The Balaban J connectivity index is 2.79. The minimum absolute atomic E-state index is 0.279. The number of aryl methyl sites for hydroxylation is 2. The van der Waals surface area contributed by atoms with Crippen molar-refractivity contribution in [1.29, 1.82) is 0 Å². The Bertz CT molecular complexity index is 360. The molecule has 1 N–H and O–H groups in total. The van der Waals surface area contributed by atoms with Gasteiger partial charge >= 0.3 is 0 Å². The predicted octanol–water partition coefficient (Wildman–Crippen LogP) is 3.77. The Hall–Kier alpha value is -0.860. The Kier molecular flexibility index (Phi) is 6.37. The van der Waals surface area contributed by atoms with Gasteiger partial charge in [0.25, 0.3) is 0 Å². The number of benzene rings is 1. The highest BCUT2D eigenvalue weighted by atomic mass is 16.5. The van der Waals surface area contributed by atoms with Crippen LogP contribution in [0.15, 0.2) is 18.2 Å². The SMILES string of the molecule is CCCNC(COC(C)C)c1ccc(C)cc1C. The summed E-state index contributed by atoms with van der Waals surface area (Å²) in [5.74, 6) is 0. The van der Waals surface area contributed by atoms with Crippen molar-refractivity contribution in [3.05, 3.63) is 34.9 Å². The molecular formula is C16H27NO. The fourth-order valence-electron chi connectivity index (χ4n) is 2.08. The van der Waals surface area contributed by atoms with Gasteiger partial charge in [-0.05, 0) is 51.8 Å². The Morgan fingerprint density at radius 1 is 1.22 bits per heavy atom. The first kappa shape index (κ1) is 15.2. The molecule has 102 valence electrons. The lowest BCUT2D eigenvalue weighted by atomic mass is 9.99. The molecule has 0 aliphatic rings. The number of rotatable bonds is 7. The third-order valence-electron chi connectivity index (χ3n) is 3.04. The summed E-state index contributed by atoms with van der Waals surface area (Å²) in [6, 6.07) is 6.94. The molecule has 2 nitrogen and oxygen atoms in total. The van der Waals surface area contributed by atoms with E-state index < -0.39 is 0 Å². The molecular weight excluding hydrogens is 222 g/mol. The van der Waals surface area contributed by atoms with Crippen molar-refractivity contribution in [2.45, 2.75) is 53.2 Å². The summed E-state index contributed by atoms with van der Waals surface area (Å²) in [7, 11) is 0. The van der Waals surface area contributed by atoms with Gasteiger partial charge in [-0.25, -0.2) is 0 Å². The van der Waals surface area contributed by atoms with Gasteiger partial charge in [0.05, 0.1) is 18.8 Å². The molecule has 0 heterocycles. The van der Waals surface area contributed by atoms with Crippen molar-refractivity contribution < 1.29 is 4.74 Å². The van der Waals surface area contributed by atoms with Crippen molar-refractivity contribution in [2.75, 3.05) is 13.2 Å². The standard InChI is InChI=1S/C16H27NO/c1-6-9-17-16(11-18-12(2)3)15-8-7-13(4)10-14(15)5/h7-8,10,12,16-17H,6,9,11H2,1-5H3. The molecule has 1 rings (SSSR count). The van der Waals surface area contributed by atoms with E-state index in [-0.39, 0.29) is 6.10 Å². The van der Waals surface area contributed by atoms with E-state index in [2.05, 4.69) is 58.1 Å². The Labute approximate surface area is 112 Å². The molecule has 0 spiro atoms. The average Bonchev–Trinajstić information content (AvgIpc) is 2.30. The molecule has 0 bridgehead atoms. The second kappa shape index (κ2) is 7.55. The van der Waals surface area contributed by atoms with Gasteiger partial charge in [-0.15, -0.1) is 0 Å². The number of hydrogen-bond acceptors (Lipinski definition) is 2. The highest BCUT2D eigenvalue weighted by molar-refractivity contribution is 5.32. The minimum Gasteiger partial charge on any atom is -0.377 e. The van der Waals surface area contributed by atoms with Crippen molar-refractivity contribution >= 4 is 0 Å². The van der Waals surface area contributed by atoms with Crippen LogP contribution in [0.4, 0.5) is 0 Å². The van der Waals surface area contributed by atoms with Crippen molar-refractivity contribution in [1.82, 2.24) is 5.32 Å². The normalized spacial score (nSPS) is 13.0. The molecule has 0 saturated carbocycles. The molecule has 0 aromatic heterocycles. The van der Waals surface area contributed by atoms with Crippen LogP contribution in [0, 0.1) is 13.8 Å². The van der Waals surface area contributed by atoms with Crippen molar-refractivity contribution in [2.24, 2.45) is 0 Å². The molecule has 0 aliphatic heterocycles. The van der Waals surface area contributed by atoms with Gasteiger partial charge in [0.2, 0.25) is 0 Å². The Morgan fingerprint density at radius 3 is 2.50 bits per heavy atom. The molecule has 0 radical (unpaired) electrons. The summed E-state index contributed by atoms with van der Waals surface area (Å²) in [4.78, 5) is 0. The third kappa shape index (κ3) is 4.79. The summed E-state index contributed by atoms with van der Waals surface area (Å²) >= 11 is 0. The van der Waals surface area contributed by atoms with Crippen LogP contribution in [0.2, 0.25) is 0 Å². The van der Waals surface area contributed by atoms with E-state index in [1.54, 1.807) is 0 Å². The number of ether oxygens (including phenoxy) is 1. The van der Waals surface area contributed by atoms with Crippen molar-refractivity contribution in [3.63, 3.8) is 0 Å². The molecule has 1 aromatic rings. The summed E-state index contributed by atoms with van der Waals surface area (Å²) < 4.78 is 5.78. The Morgan fingerprint density at radius 2 is 1.94 bits per heavy atom. The smallest absolute Gasteiger partial charge is 0.0665 e. The van der Waals surface area contributed by atoms with Crippen molar-refractivity contribution in [3.8, 4) is 0 Å². The lowest BCUT2D eigenvalue weighted by molar-refractivity contribution is 0.0610. The maximum absolute atomic E-state index is 5.78. The predicted molar refractivity (Wildman–Crippen MR) is 78.0 cm³/mol. The second-order valence-electron chi connectivity index (χ2n) is 5.25. The lowest BCUT2D eigenvalue weighted by Gasteiger charge is -2.22. The minimum atomic E-state index is 0.279. The van der Waals surface area contributed by atoms with Gasteiger partial charge < -0.3 is 10.1 Å². The summed E-state index contributed by atoms with van der Waals surface area (Å²) in [6.45, 7) is 12.4. The van der Waals surface area contributed by atoms with Gasteiger partial charge in [0, 0.05) is 0 Å². The van der Waals surface area contributed by atoms with E-state index in [4.69, 9.17) is 4.74 Å².